The third kappa shape index (κ3) is 76.9. The van der Waals surface area contributed by atoms with Crippen LogP contribution in [0.4, 0.5) is 0 Å². The minimum Gasteiger partial charge on any atom is -0.463 e. The third-order valence-corrected chi connectivity index (χ3v) is 18.5. The van der Waals surface area contributed by atoms with Gasteiger partial charge in [-0.15, -0.1) is 0 Å². The Hall–Kier alpha value is -4.05. The summed E-state index contributed by atoms with van der Waals surface area (Å²) in [6.45, 7) is 2.48. The number of esters is 3. The van der Waals surface area contributed by atoms with Crippen molar-refractivity contribution < 1.29 is 75.8 Å². The zero-order chi connectivity index (χ0) is 73.7. The highest BCUT2D eigenvalue weighted by Crippen LogP contribution is 2.45. The second kappa shape index (κ2) is 75.6. The molecule has 5 unspecified atom stereocenters. The van der Waals surface area contributed by atoms with Crippen molar-refractivity contribution in [2.24, 2.45) is 0 Å². The van der Waals surface area contributed by atoms with Gasteiger partial charge in [-0.05, 0) is 135 Å². The van der Waals surface area contributed by atoms with Crippen LogP contribution in [0.1, 0.15) is 329 Å². The fourth-order valence-corrected chi connectivity index (χ4v) is 12.2. The number of unbranched alkanes of at least 4 members (excludes halogenated alkanes) is 32. The number of carbonyl (C=O) groups is 3. The van der Waals surface area contributed by atoms with Gasteiger partial charge in [0.2, 0.25) is 0 Å². The molecule has 0 aliphatic rings. The maximum atomic E-state index is 12.9. The van der Waals surface area contributed by atoms with Gasteiger partial charge in [-0.2, -0.15) is 0 Å². The predicted octanol–water partition coefficient (Wildman–Crippen LogP) is 23.3. The molecule has 0 spiro atoms. The molecule has 16 nitrogen and oxygen atoms in total. The molecule has 0 radical (unpaired) electrons. The highest BCUT2D eigenvalue weighted by atomic mass is 31.2. The van der Waals surface area contributed by atoms with E-state index >= 15 is 0 Å². The molecule has 101 heavy (non-hydrogen) atoms. The van der Waals surface area contributed by atoms with E-state index < -0.39 is 91.5 Å². The summed E-state index contributed by atoms with van der Waals surface area (Å²) in [6.07, 6.45) is 89.8. The van der Waals surface area contributed by atoms with Crippen molar-refractivity contribution in [2.75, 3.05) is 39.6 Å². The maximum Gasteiger partial charge on any atom is 0.472 e. The maximum absolute atomic E-state index is 12.9. The molecular formula is C83H144O16P2. The van der Waals surface area contributed by atoms with Gasteiger partial charge in [0.1, 0.15) is 25.4 Å². The number of hydrogen-bond acceptors (Lipinski definition) is 14. The summed E-state index contributed by atoms with van der Waals surface area (Å²) in [5.74, 6) is -1.61. The Balaban J connectivity index is 4.43. The van der Waals surface area contributed by atoms with Crippen molar-refractivity contribution >= 4 is 33.6 Å². The average molecular weight is 1460 g/mol. The first-order chi connectivity index (χ1) is 49.2. The smallest absolute Gasteiger partial charge is 0.463 e. The lowest BCUT2D eigenvalue weighted by Crippen LogP contribution is -2.30. The molecule has 0 aromatic carbocycles. The van der Waals surface area contributed by atoms with Crippen molar-refractivity contribution in [1.29, 1.82) is 0 Å². The van der Waals surface area contributed by atoms with Crippen molar-refractivity contribution in [1.82, 2.24) is 0 Å². The normalized spacial score (nSPS) is 14.6. The van der Waals surface area contributed by atoms with Crippen LogP contribution in [0, 0.1) is 0 Å². The molecule has 0 aliphatic heterocycles. The molecular weight excluding hydrogens is 1310 g/mol. The quantitative estimate of drug-likeness (QED) is 0.0146. The average Bonchev–Trinajstić information content (AvgIpc) is 0.944. The van der Waals surface area contributed by atoms with Crippen molar-refractivity contribution in [3.63, 3.8) is 0 Å². The molecule has 0 aromatic heterocycles. The Labute approximate surface area is 614 Å². The van der Waals surface area contributed by atoms with Gasteiger partial charge >= 0.3 is 33.6 Å². The number of hydrogen-bond donors (Lipinski definition) is 4. The molecule has 18 heteroatoms. The van der Waals surface area contributed by atoms with Crippen LogP contribution in [0.15, 0.2) is 122 Å². The van der Waals surface area contributed by atoms with Crippen LogP contribution in [0.5, 0.6) is 0 Å². The monoisotopic (exact) mass is 1460 g/mol. The number of allylic oxidation sites excluding steroid dienone is 20. The minimum absolute atomic E-state index is 0.0812. The van der Waals surface area contributed by atoms with Gasteiger partial charge < -0.3 is 34.2 Å². The van der Waals surface area contributed by atoms with E-state index in [9.17, 15) is 43.5 Å². The van der Waals surface area contributed by atoms with E-state index in [-0.39, 0.29) is 19.3 Å². The number of aliphatic hydroxyl groups is 2. The Kier molecular flexibility index (Phi) is 72.6. The van der Waals surface area contributed by atoms with Crippen molar-refractivity contribution in [3.05, 3.63) is 122 Å². The molecule has 0 rings (SSSR count). The molecule has 582 valence electrons. The summed E-state index contributed by atoms with van der Waals surface area (Å²) in [5.41, 5.74) is 0. The highest BCUT2D eigenvalue weighted by Gasteiger charge is 2.29. The zero-order valence-corrected chi connectivity index (χ0v) is 65.3. The Morgan fingerprint density at radius 1 is 0.287 bits per heavy atom. The molecule has 4 N–H and O–H groups in total. The molecule has 5 atom stereocenters. The first kappa shape index (κ1) is 97.0. The van der Waals surface area contributed by atoms with Gasteiger partial charge in [0.05, 0.1) is 26.4 Å². The minimum atomic E-state index is -4.94. The van der Waals surface area contributed by atoms with Crippen LogP contribution in [0.2, 0.25) is 0 Å². The van der Waals surface area contributed by atoms with Crippen LogP contribution in [0.25, 0.3) is 0 Å². The summed E-state index contributed by atoms with van der Waals surface area (Å²) in [6, 6.07) is 0. The summed E-state index contributed by atoms with van der Waals surface area (Å²) in [4.78, 5) is 58.6. The number of phosphoric acid groups is 2. The summed E-state index contributed by atoms with van der Waals surface area (Å²) in [7, 11) is -9.80. The third-order valence-electron chi connectivity index (χ3n) is 16.6. The highest BCUT2D eigenvalue weighted by molar-refractivity contribution is 7.47. The molecule has 0 bridgehead atoms. The van der Waals surface area contributed by atoms with E-state index in [4.69, 9.17) is 32.3 Å². The first-order valence-corrected chi connectivity index (χ1v) is 42.8. The van der Waals surface area contributed by atoms with E-state index in [1.165, 1.54) is 135 Å². The zero-order valence-electron chi connectivity index (χ0n) is 63.5. The topological polar surface area (TPSA) is 231 Å². The molecule has 0 saturated heterocycles. The van der Waals surface area contributed by atoms with Crippen molar-refractivity contribution in [2.45, 2.75) is 347 Å². The van der Waals surface area contributed by atoms with E-state index in [1.54, 1.807) is 0 Å². The van der Waals surface area contributed by atoms with Crippen LogP contribution < -0.4 is 0 Å². The molecule has 0 heterocycles. The first-order valence-electron chi connectivity index (χ1n) is 39.8. The van der Waals surface area contributed by atoms with Crippen molar-refractivity contribution in [3.8, 4) is 0 Å². The number of carbonyl (C=O) groups excluding carboxylic acids is 3. The summed E-state index contributed by atoms with van der Waals surface area (Å²) in [5, 5.41) is 20.6. The lowest BCUT2D eigenvalue weighted by atomic mass is 10.0. The largest absolute Gasteiger partial charge is 0.472 e. The molecule has 0 aromatic rings. The molecule has 0 saturated carbocycles. The van der Waals surface area contributed by atoms with Gasteiger partial charge in [-0.25, -0.2) is 9.13 Å². The van der Waals surface area contributed by atoms with Crippen LogP contribution in [-0.4, -0.2) is 95.9 Å². The molecule has 0 amide bonds. The fourth-order valence-electron chi connectivity index (χ4n) is 10.6. The Morgan fingerprint density at radius 2 is 0.525 bits per heavy atom. The van der Waals surface area contributed by atoms with Gasteiger partial charge in [-0.1, -0.05) is 296 Å². The second-order valence-corrected chi connectivity index (χ2v) is 29.4. The van der Waals surface area contributed by atoms with Gasteiger partial charge in [0.15, 0.2) is 6.10 Å². The SMILES string of the molecule is CC/C=C\C/C=C\C/C=C\C/C=C\CCCCCCC(=O)OCC(COP(=O)(O)OCC(O)COP(=O)(O)OCC(O)COC(=O)CCCCCCCCCCCCCCCCCCC/C=C\C/C=C\C/C=C\C/C=C\CCCCC)OC(=O)CCCCCCC/C=C\C/C=C\CCCCC. The molecule has 0 aliphatic carbocycles. The lowest BCUT2D eigenvalue weighted by molar-refractivity contribution is -0.161. The molecule has 0 fully saturated rings. The standard InChI is InChI=1S/C83H144O16P2/c1-4-7-10-13-16-19-22-25-28-30-31-32-33-34-35-36-37-38-39-40-41-42-43-44-45-47-50-51-54-57-60-63-66-69-81(86)93-72-78(84)73-95-100(89,90)96-74-79(85)75-97-101(91,92)98-77-80(99-83(88)71-68-65-62-59-56-53-48-27-24-21-18-15-12-9-6-3)76-94-82(87)70-67-64-61-58-55-52-49-46-29-26-23-20-17-14-11-8-5-2/h8,11,16-21,25-29,31-32,34-35,48-49,52,78-80,84-85H,4-7,9-10,12-15,22-24,30,33,36-47,50-51,53-77H2,1-3H3,(H,89,90)(H,91,92)/b11-8-,19-16-,20-17-,21-18-,28-25-,29-26-,32-31-,35-34-,48-27-,52-49-. The van der Waals surface area contributed by atoms with E-state index in [2.05, 4.69) is 142 Å². The van der Waals surface area contributed by atoms with Crippen LogP contribution >= 0.6 is 15.6 Å². The van der Waals surface area contributed by atoms with Crippen LogP contribution in [-0.2, 0) is 55.8 Å². The van der Waals surface area contributed by atoms with Gasteiger partial charge in [0.25, 0.3) is 0 Å². The predicted molar refractivity (Wildman–Crippen MR) is 417 cm³/mol. The number of rotatable bonds is 75. The summed E-state index contributed by atoms with van der Waals surface area (Å²) < 4.78 is 61.1. The number of ether oxygens (including phenoxy) is 3. The second-order valence-electron chi connectivity index (χ2n) is 26.5. The van der Waals surface area contributed by atoms with E-state index in [0.717, 1.165) is 135 Å². The Bertz CT molecular complexity index is 2320. The van der Waals surface area contributed by atoms with E-state index in [1.807, 2.05) is 0 Å². The van der Waals surface area contributed by atoms with Gasteiger partial charge in [0, 0.05) is 19.3 Å². The number of phosphoric ester groups is 2. The fraction of sp³-hybridized carbons (Fsp3) is 0.723. The van der Waals surface area contributed by atoms with E-state index in [0.29, 0.717) is 19.3 Å². The lowest BCUT2D eigenvalue weighted by Gasteiger charge is -2.21. The summed E-state index contributed by atoms with van der Waals surface area (Å²) >= 11 is 0. The Morgan fingerprint density at radius 3 is 0.832 bits per heavy atom. The number of aliphatic hydroxyl groups excluding tert-OH is 2. The van der Waals surface area contributed by atoms with Crippen LogP contribution in [0.3, 0.4) is 0 Å². The van der Waals surface area contributed by atoms with Gasteiger partial charge in [-0.3, -0.25) is 32.5 Å².